The third kappa shape index (κ3) is 2.74. The summed E-state index contributed by atoms with van der Waals surface area (Å²) in [5.74, 6) is 3.22. The van der Waals surface area contributed by atoms with Crippen LogP contribution in [-0.4, -0.2) is 40.9 Å². The quantitative estimate of drug-likeness (QED) is 0.579. The van der Waals surface area contributed by atoms with Crippen molar-refractivity contribution in [3.8, 4) is 0 Å². The Morgan fingerprint density at radius 3 is 2.35 bits per heavy atom. The molecule has 13 atom stereocenters. The Kier molecular flexibility index (Phi) is 4.78. The molecule has 2 saturated heterocycles. The molecule has 0 aromatic heterocycles. The lowest BCUT2D eigenvalue weighted by Gasteiger charge is -2.61. The summed E-state index contributed by atoms with van der Waals surface area (Å²) in [4.78, 5) is 0. The molecule has 6 rings (SSSR count). The van der Waals surface area contributed by atoms with Crippen LogP contribution in [0.4, 0.5) is 0 Å². The van der Waals surface area contributed by atoms with E-state index in [1.807, 2.05) is 0 Å². The average molecular weight is 433 g/mol. The first-order chi connectivity index (χ1) is 14.7. The van der Waals surface area contributed by atoms with Crippen molar-refractivity contribution < 1.29 is 19.7 Å². The number of aliphatic hydroxyl groups excluding tert-OH is 2. The molecule has 2 N–H and O–H groups in total. The second-order valence-electron chi connectivity index (χ2n) is 13.2. The maximum Gasteiger partial charge on any atom is 0.171 e. The van der Waals surface area contributed by atoms with E-state index in [1.54, 1.807) is 0 Å². The molecule has 0 bridgehead atoms. The van der Waals surface area contributed by atoms with Gasteiger partial charge in [-0.3, -0.25) is 0 Å². The van der Waals surface area contributed by atoms with Gasteiger partial charge in [-0.1, -0.05) is 27.7 Å². The maximum absolute atomic E-state index is 11.8. The summed E-state index contributed by atoms with van der Waals surface area (Å²) >= 11 is 0. The number of fused-ring (bicyclic) bond motifs is 7. The fourth-order valence-electron chi connectivity index (χ4n) is 10.3. The van der Waals surface area contributed by atoms with E-state index in [0.29, 0.717) is 46.8 Å². The molecule has 4 nitrogen and oxygen atoms in total. The first kappa shape index (κ1) is 21.4. The van der Waals surface area contributed by atoms with Crippen molar-refractivity contribution in [3.05, 3.63) is 0 Å². The van der Waals surface area contributed by atoms with Gasteiger partial charge in [0.1, 0.15) is 0 Å². The van der Waals surface area contributed by atoms with Gasteiger partial charge in [-0.2, -0.15) is 0 Å². The Morgan fingerprint density at radius 1 is 0.839 bits per heavy atom. The summed E-state index contributed by atoms with van der Waals surface area (Å²) < 4.78 is 13.2. The summed E-state index contributed by atoms with van der Waals surface area (Å²) in [5, 5.41) is 22.1. The van der Waals surface area contributed by atoms with Crippen LogP contribution in [-0.2, 0) is 9.47 Å². The van der Waals surface area contributed by atoms with Gasteiger partial charge in [-0.25, -0.2) is 0 Å². The van der Waals surface area contributed by atoms with E-state index in [4.69, 9.17) is 9.47 Å². The molecule has 2 aliphatic heterocycles. The molecule has 1 spiro atoms. The number of rotatable bonds is 0. The first-order valence-electron chi connectivity index (χ1n) is 13.4. The number of aliphatic hydroxyl groups is 2. The van der Waals surface area contributed by atoms with Crippen LogP contribution in [0, 0.1) is 52.3 Å². The molecule has 31 heavy (non-hydrogen) atoms. The Balaban J connectivity index is 1.30. The van der Waals surface area contributed by atoms with Gasteiger partial charge in [0.25, 0.3) is 0 Å². The van der Waals surface area contributed by atoms with Crippen molar-refractivity contribution in [2.24, 2.45) is 52.3 Å². The highest BCUT2D eigenvalue weighted by molar-refractivity contribution is 5.18. The molecule has 2 heterocycles. The van der Waals surface area contributed by atoms with E-state index in [9.17, 15) is 10.2 Å². The van der Waals surface area contributed by atoms with Crippen molar-refractivity contribution in [1.29, 1.82) is 0 Å². The van der Waals surface area contributed by atoms with Crippen molar-refractivity contribution >= 4 is 0 Å². The topological polar surface area (TPSA) is 58.9 Å². The maximum atomic E-state index is 11.8. The molecule has 4 heteroatoms. The number of hydrogen-bond acceptors (Lipinski definition) is 4. The van der Waals surface area contributed by atoms with E-state index in [2.05, 4.69) is 27.7 Å². The fourth-order valence-corrected chi connectivity index (χ4v) is 10.3. The van der Waals surface area contributed by atoms with Gasteiger partial charge in [0, 0.05) is 18.3 Å². The van der Waals surface area contributed by atoms with Crippen LogP contribution in [0.2, 0.25) is 0 Å². The Labute approximate surface area is 188 Å². The standard InChI is InChI=1S/C27H44O4/c1-15-7-12-27(30-14-15)16(2)21-24(31-27)23(29)22-19-6-5-17-13-18(28)8-10-25(17,3)20(19)9-11-26(21,22)4/h15-24,28-29H,5-14H2,1-4H3/t15-,16+,17+,18+,19-,20+,21+,22-,23-,24-,25+,26-,27-/m1/s1. The van der Waals surface area contributed by atoms with Gasteiger partial charge in [0.15, 0.2) is 5.79 Å². The summed E-state index contributed by atoms with van der Waals surface area (Å²) in [6.07, 6.45) is 9.69. The highest BCUT2D eigenvalue weighted by atomic mass is 16.7. The van der Waals surface area contributed by atoms with Crippen molar-refractivity contribution in [3.63, 3.8) is 0 Å². The molecule has 0 amide bonds. The van der Waals surface area contributed by atoms with Crippen LogP contribution in [0.25, 0.3) is 0 Å². The predicted octanol–water partition coefficient (Wildman–Crippen LogP) is 4.76. The molecular weight excluding hydrogens is 388 g/mol. The van der Waals surface area contributed by atoms with E-state index >= 15 is 0 Å². The van der Waals surface area contributed by atoms with Gasteiger partial charge >= 0.3 is 0 Å². The zero-order valence-electron chi connectivity index (χ0n) is 20.1. The smallest absolute Gasteiger partial charge is 0.171 e. The Hall–Kier alpha value is -0.160. The van der Waals surface area contributed by atoms with Crippen LogP contribution >= 0.6 is 0 Å². The van der Waals surface area contributed by atoms with Crippen LogP contribution < -0.4 is 0 Å². The lowest BCUT2D eigenvalue weighted by molar-refractivity contribution is -0.282. The Bertz CT molecular complexity index is 716. The minimum absolute atomic E-state index is 0.0594. The SMILES string of the molecule is C[C@@H]1CC[C@@]2(OC1)O[C@H]1[C@H](O)[C@H]3[C@@H]4CC[C@H]5C[C@@H](O)CC[C@]5(C)[C@H]4CC[C@]3(C)[C@H]1[C@@H]2C. The highest BCUT2D eigenvalue weighted by Crippen LogP contribution is 2.71. The lowest BCUT2D eigenvalue weighted by Crippen LogP contribution is -2.56. The van der Waals surface area contributed by atoms with Gasteiger partial charge in [0.2, 0.25) is 0 Å². The summed E-state index contributed by atoms with van der Waals surface area (Å²) in [6, 6.07) is 0. The van der Waals surface area contributed by atoms with E-state index < -0.39 is 5.79 Å². The third-order valence-electron chi connectivity index (χ3n) is 11.9. The fraction of sp³-hybridized carbons (Fsp3) is 1.00. The first-order valence-corrected chi connectivity index (χ1v) is 13.4. The van der Waals surface area contributed by atoms with Crippen LogP contribution in [0.1, 0.15) is 85.5 Å². The van der Waals surface area contributed by atoms with Crippen LogP contribution in [0.5, 0.6) is 0 Å². The molecule has 176 valence electrons. The zero-order valence-corrected chi connectivity index (χ0v) is 20.1. The van der Waals surface area contributed by atoms with E-state index in [-0.39, 0.29) is 23.7 Å². The predicted molar refractivity (Wildman–Crippen MR) is 119 cm³/mol. The molecular formula is C27H44O4. The molecule has 0 aromatic carbocycles. The van der Waals surface area contributed by atoms with Crippen LogP contribution in [0.15, 0.2) is 0 Å². The minimum Gasteiger partial charge on any atom is -0.393 e. The molecule has 4 saturated carbocycles. The van der Waals surface area contributed by atoms with Gasteiger partial charge < -0.3 is 19.7 Å². The molecule has 0 radical (unpaired) electrons. The van der Waals surface area contributed by atoms with Crippen molar-refractivity contribution in [2.45, 2.75) is 110 Å². The third-order valence-corrected chi connectivity index (χ3v) is 11.9. The van der Waals surface area contributed by atoms with Gasteiger partial charge in [0.05, 0.1) is 24.9 Å². The van der Waals surface area contributed by atoms with Gasteiger partial charge in [-0.05, 0) is 91.8 Å². The van der Waals surface area contributed by atoms with E-state index in [1.165, 1.54) is 25.7 Å². The molecule has 0 aromatic rings. The van der Waals surface area contributed by atoms with Gasteiger partial charge in [-0.15, -0.1) is 0 Å². The summed E-state index contributed by atoms with van der Waals surface area (Å²) in [6.45, 7) is 10.4. The van der Waals surface area contributed by atoms with E-state index in [0.717, 1.165) is 38.7 Å². The highest BCUT2D eigenvalue weighted by Gasteiger charge is 2.72. The normalized spacial score (nSPS) is 63.3. The Morgan fingerprint density at radius 2 is 1.61 bits per heavy atom. The second-order valence-corrected chi connectivity index (χ2v) is 13.2. The molecule has 4 aliphatic carbocycles. The van der Waals surface area contributed by atoms with Crippen molar-refractivity contribution in [1.82, 2.24) is 0 Å². The number of hydrogen-bond donors (Lipinski definition) is 2. The summed E-state index contributed by atoms with van der Waals surface area (Å²) in [7, 11) is 0. The zero-order chi connectivity index (χ0) is 21.8. The summed E-state index contributed by atoms with van der Waals surface area (Å²) in [5.41, 5.74) is 0.495. The second kappa shape index (κ2) is 6.93. The average Bonchev–Trinajstić information content (AvgIpc) is 3.14. The molecule has 6 fully saturated rings. The van der Waals surface area contributed by atoms with Crippen LogP contribution in [0.3, 0.4) is 0 Å². The number of ether oxygens (including phenoxy) is 2. The molecule has 6 aliphatic rings. The minimum atomic E-state index is -0.462. The molecule has 0 unspecified atom stereocenters. The van der Waals surface area contributed by atoms with Crippen molar-refractivity contribution in [2.75, 3.05) is 6.61 Å². The largest absolute Gasteiger partial charge is 0.393 e. The lowest BCUT2D eigenvalue weighted by atomic mass is 9.44. The monoisotopic (exact) mass is 432 g/mol.